The van der Waals surface area contributed by atoms with Crippen molar-refractivity contribution in [2.24, 2.45) is 0 Å². The molecule has 100 valence electrons. The molecule has 3 rings (SSSR count). The normalized spacial score (nSPS) is 19.2. The molecule has 0 fully saturated rings. The number of alkyl halides is 3. The fourth-order valence-electron chi connectivity index (χ4n) is 2.62. The van der Waals surface area contributed by atoms with Gasteiger partial charge in [0.15, 0.2) is 0 Å². The van der Waals surface area contributed by atoms with Crippen molar-refractivity contribution in [3.63, 3.8) is 0 Å². The molecule has 0 amide bonds. The summed E-state index contributed by atoms with van der Waals surface area (Å²) in [6.07, 6.45) is -1.38. The lowest BCUT2D eigenvalue weighted by Crippen LogP contribution is -2.21. The summed E-state index contributed by atoms with van der Waals surface area (Å²) in [7, 11) is 0. The molecule has 1 atom stereocenters. The van der Waals surface area contributed by atoms with Gasteiger partial charge in [0.25, 0.3) is 0 Å². The van der Waals surface area contributed by atoms with Gasteiger partial charge in [-0.3, -0.25) is 0 Å². The molecule has 0 N–H and O–H groups in total. The fraction of sp³-hybridized carbons (Fsp3) is 0.385. The summed E-state index contributed by atoms with van der Waals surface area (Å²) >= 11 is 0. The van der Waals surface area contributed by atoms with E-state index < -0.39 is 11.7 Å². The Morgan fingerprint density at radius 3 is 2.79 bits per heavy atom. The lowest BCUT2D eigenvalue weighted by Gasteiger charge is -2.26. The largest absolute Gasteiger partial charge is 0.416 e. The molecule has 1 unspecified atom stereocenters. The highest BCUT2D eigenvalue weighted by Crippen LogP contribution is 2.38. The van der Waals surface area contributed by atoms with Crippen LogP contribution in [0.3, 0.4) is 0 Å². The quantitative estimate of drug-likeness (QED) is 0.795. The van der Waals surface area contributed by atoms with Gasteiger partial charge in [-0.1, -0.05) is 18.2 Å². The van der Waals surface area contributed by atoms with Crippen molar-refractivity contribution in [1.29, 1.82) is 0 Å². The highest BCUT2D eigenvalue weighted by atomic mass is 19.4. The Kier molecular flexibility index (Phi) is 2.80. The number of hydrogen-bond donors (Lipinski definition) is 0. The summed E-state index contributed by atoms with van der Waals surface area (Å²) < 4.78 is 40.9. The standard InChI is InChI=1S/C13H12F3N3/c14-13(15,16)11-4-2-1-3-10(11)9-5-6-12-18-17-8-19(12)7-9/h1-4,8-9H,5-7H2. The molecular weight excluding hydrogens is 255 g/mol. The van der Waals surface area contributed by atoms with Gasteiger partial charge in [-0.25, -0.2) is 0 Å². The van der Waals surface area contributed by atoms with Gasteiger partial charge in [-0.05, 0) is 18.1 Å². The smallest absolute Gasteiger partial charge is 0.317 e. The minimum atomic E-state index is -4.30. The third-order valence-corrected chi connectivity index (χ3v) is 3.54. The minimum Gasteiger partial charge on any atom is -0.317 e. The average Bonchev–Trinajstić information content (AvgIpc) is 2.85. The maximum Gasteiger partial charge on any atom is 0.416 e. The van der Waals surface area contributed by atoms with Crippen molar-refractivity contribution in [2.75, 3.05) is 0 Å². The number of hydrogen-bond acceptors (Lipinski definition) is 2. The van der Waals surface area contributed by atoms with Gasteiger partial charge in [0.2, 0.25) is 0 Å². The van der Waals surface area contributed by atoms with Crippen LogP contribution in [0.1, 0.15) is 29.3 Å². The minimum absolute atomic E-state index is 0.138. The van der Waals surface area contributed by atoms with Crippen molar-refractivity contribution in [2.45, 2.75) is 31.5 Å². The van der Waals surface area contributed by atoms with Crippen LogP contribution in [0.4, 0.5) is 13.2 Å². The Balaban J connectivity index is 1.96. The molecule has 3 nitrogen and oxygen atoms in total. The van der Waals surface area contributed by atoms with Gasteiger partial charge in [0, 0.05) is 18.9 Å². The predicted octanol–water partition coefficient (Wildman–Crippen LogP) is 3.03. The number of halogens is 3. The molecule has 0 radical (unpaired) electrons. The number of benzene rings is 1. The summed E-state index contributed by atoms with van der Waals surface area (Å²) in [5, 5.41) is 7.74. The molecule has 2 aromatic rings. The summed E-state index contributed by atoms with van der Waals surface area (Å²) in [4.78, 5) is 0. The molecule has 1 aromatic carbocycles. The van der Waals surface area contributed by atoms with Crippen LogP contribution in [0.15, 0.2) is 30.6 Å². The molecule has 19 heavy (non-hydrogen) atoms. The molecule has 1 aromatic heterocycles. The fourth-order valence-corrected chi connectivity index (χ4v) is 2.62. The van der Waals surface area contributed by atoms with E-state index in [1.165, 1.54) is 6.07 Å². The summed E-state index contributed by atoms with van der Waals surface area (Å²) in [5.74, 6) is 0.710. The van der Waals surface area contributed by atoms with Gasteiger partial charge in [-0.15, -0.1) is 10.2 Å². The zero-order chi connectivity index (χ0) is 13.5. The van der Waals surface area contributed by atoms with Crippen LogP contribution in [0.5, 0.6) is 0 Å². The number of aromatic nitrogens is 3. The number of rotatable bonds is 1. The third kappa shape index (κ3) is 2.22. The third-order valence-electron chi connectivity index (χ3n) is 3.54. The number of nitrogens with zero attached hydrogens (tertiary/aromatic N) is 3. The first-order chi connectivity index (χ1) is 9.05. The maximum absolute atomic E-state index is 13.0. The van der Waals surface area contributed by atoms with Crippen LogP contribution < -0.4 is 0 Å². The Morgan fingerprint density at radius 1 is 1.21 bits per heavy atom. The number of fused-ring (bicyclic) bond motifs is 1. The second-order valence-corrected chi connectivity index (χ2v) is 4.72. The topological polar surface area (TPSA) is 30.7 Å². The first-order valence-electron chi connectivity index (χ1n) is 6.08. The Labute approximate surface area is 108 Å². The summed E-state index contributed by atoms with van der Waals surface area (Å²) in [6.45, 7) is 0.509. The van der Waals surface area contributed by atoms with Crippen molar-refractivity contribution in [3.8, 4) is 0 Å². The van der Waals surface area contributed by atoms with Crippen LogP contribution in [-0.2, 0) is 19.1 Å². The van der Waals surface area contributed by atoms with E-state index in [1.54, 1.807) is 18.5 Å². The molecule has 1 aliphatic heterocycles. The Hall–Kier alpha value is -1.85. The zero-order valence-electron chi connectivity index (χ0n) is 10.1. The van der Waals surface area contributed by atoms with E-state index in [0.29, 0.717) is 24.9 Å². The summed E-state index contributed by atoms with van der Waals surface area (Å²) in [5.41, 5.74) is -0.161. The summed E-state index contributed by atoms with van der Waals surface area (Å²) in [6, 6.07) is 5.81. The first-order valence-corrected chi connectivity index (χ1v) is 6.08. The highest BCUT2D eigenvalue weighted by molar-refractivity contribution is 5.33. The van der Waals surface area contributed by atoms with E-state index in [9.17, 15) is 13.2 Å². The lowest BCUT2D eigenvalue weighted by atomic mass is 9.88. The first kappa shape index (κ1) is 12.2. The second kappa shape index (κ2) is 4.36. The van der Waals surface area contributed by atoms with E-state index in [4.69, 9.17) is 0 Å². The van der Waals surface area contributed by atoms with E-state index in [0.717, 1.165) is 11.9 Å². The molecule has 0 aliphatic carbocycles. The molecule has 1 aliphatic rings. The molecule has 0 spiro atoms. The van der Waals surface area contributed by atoms with Gasteiger partial charge < -0.3 is 4.57 Å². The molecule has 0 saturated carbocycles. The molecule has 2 heterocycles. The molecular formula is C13H12F3N3. The van der Waals surface area contributed by atoms with Gasteiger partial charge >= 0.3 is 6.18 Å². The Morgan fingerprint density at radius 2 is 2.00 bits per heavy atom. The monoisotopic (exact) mass is 267 g/mol. The zero-order valence-corrected chi connectivity index (χ0v) is 10.1. The van der Waals surface area contributed by atoms with E-state index in [1.807, 2.05) is 4.57 Å². The van der Waals surface area contributed by atoms with Crippen molar-refractivity contribution in [3.05, 3.63) is 47.5 Å². The number of aryl methyl sites for hydroxylation is 1. The Bertz CT molecular complexity index is 589. The molecule has 6 heteroatoms. The van der Waals surface area contributed by atoms with E-state index in [-0.39, 0.29) is 5.92 Å². The van der Waals surface area contributed by atoms with Crippen molar-refractivity contribution in [1.82, 2.24) is 14.8 Å². The van der Waals surface area contributed by atoms with Crippen LogP contribution in [0.25, 0.3) is 0 Å². The van der Waals surface area contributed by atoms with Gasteiger partial charge in [0.1, 0.15) is 12.2 Å². The molecule has 0 bridgehead atoms. The van der Waals surface area contributed by atoms with E-state index in [2.05, 4.69) is 10.2 Å². The lowest BCUT2D eigenvalue weighted by molar-refractivity contribution is -0.138. The average molecular weight is 267 g/mol. The van der Waals surface area contributed by atoms with Crippen molar-refractivity contribution < 1.29 is 13.2 Å². The van der Waals surface area contributed by atoms with Crippen molar-refractivity contribution >= 4 is 0 Å². The van der Waals surface area contributed by atoms with Gasteiger partial charge in [0.05, 0.1) is 5.56 Å². The van der Waals surface area contributed by atoms with Crippen LogP contribution in [-0.4, -0.2) is 14.8 Å². The van der Waals surface area contributed by atoms with Crippen LogP contribution in [0.2, 0.25) is 0 Å². The molecule has 0 saturated heterocycles. The van der Waals surface area contributed by atoms with E-state index >= 15 is 0 Å². The maximum atomic E-state index is 13.0. The predicted molar refractivity (Wildman–Crippen MR) is 62.5 cm³/mol. The van der Waals surface area contributed by atoms with Crippen LogP contribution in [0, 0.1) is 0 Å². The second-order valence-electron chi connectivity index (χ2n) is 4.72. The van der Waals surface area contributed by atoms with Crippen LogP contribution >= 0.6 is 0 Å². The van der Waals surface area contributed by atoms with Gasteiger partial charge in [-0.2, -0.15) is 13.2 Å². The highest BCUT2D eigenvalue weighted by Gasteiger charge is 2.35. The SMILES string of the molecule is FC(F)(F)c1ccccc1C1CCc2nncn2C1.